The van der Waals surface area contributed by atoms with Crippen molar-refractivity contribution in [2.24, 2.45) is 0 Å². The summed E-state index contributed by atoms with van der Waals surface area (Å²) in [5.74, 6) is 0.00678. The van der Waals surface area contributed by atoms with Gasteiger partial charge < -0.3 is 0 Å². The Bertz CT molecular complexity index is 1080. The zero-order valence-corrected chi connectivity index (χ0v) is 15.7. The van der Waals surface area contributed by atoms with E-state index in [2.05, 4.69) is 31.2 Å². The highest BCUT2D eigenvalue weighted by Crippen LogP contribution is 2.25. The maximum atomic E-state index is 12.3. The number of allylic oxidation sites excluding steroid dienone is 1. The van der Waals surface area contributed by atoms with Gasteiger partial charge in [0.2, 0.25) is 0 Å². The summed E-state index contributed by atoms with van der Waals surface area (Å²) in [6, 6.07) is 22.0. The number of thiophene rings is 1. The van der Waals surface area contributed by atoms with Crippen molar-refractivity contribution in [1.29, 1.82) is 0 Å². The summed E-state index contributed by atoms with van der Waals surface area (Å²) < 4.78 is 1.85. The van der Waals surface area contributed by atoms with Gasteiger partial charge in [-0.25, -0.2) is 4.68 Å². The number of ketones is 1. The zero-order valence-electron chi connectivity index (χ0n) is 14.9. The normalized spacial score (nSPS) is 11.1. The van der Waals surface area contributed by atoms with Crippen molar-refractivity contribution < 1.29 is 4.79 Å². The van der Waals surface area contributed by atoms with Crippen molar-refractivity contribution in [3.63, 3.8) is 0 Å². The molecule has 2 heterocycles. The molecule has 4 aromatic rings. The van der Waals surface area contributed by atoms with E-state index in [0.29, 0.717) is 0 Å². The van der Waals surface area contributed by atoms with Crippen LogP contribution in [0.1, 0.15) is 20.8 Å². The van der Waals surface area contributed by atoms with Gasteiger partial charge in [0.15, 0.2) is 5.78 Å². The Morgan fingerprint density at radius 2 is 1.78 bits per heavy atom. The molecule has 0 bridgehead atoms. The lowest BCUT2D eigenvalue weighted by atomic mass is 10.1. The number of benzene rings is 2. The summed E-state index contributed by atoms with van der Waals surface area (Å²) in [6.07, 6.45) is 5.43. The van der Waals surface area contributed by atoms with Gasteiger partial charge in [0.25, 0.3) is 0 Å². The smallest absolute Gasteiger partial charge is 0.195 e. The minimum atomic E-state index is 0.00678. The second-order valence-electron chi connectivity index (χ2n) is 6.25. The minimum Gasteiger partial charge on any atom is -0.288 e. The summed E-state index contributed by atoms with van der Waals surface area (Å²) in [5.41, 5.74) is 4.97. The fourth-order valence-corrected chi connectivity index (χ4v) is 3.47. The van der Waals surface area contributed by atoms with E-state index < -0.39 is 0 Å². The number of nitrogens with zero attached hydrogens (tertiary/aromatic N) is 2. The Morgan fingerprint density at radius 1 is 1.00 bits per heavy atom. The summed E-state index contributed by atoms with van der Waals surface area (Å²) in [5, 5.41) is 6.69. The van der Waals surface area contributed by atoms with Gasteiger partial charge in [0, 0.05) is 17.3 Å². The molecular weight excluding hydrogens is 352 g/mol. The Balaban J connectivity index is 1.75. The lowest BCUT2D eigenvalue weighted by Crippen LogP contribution is -1.93. The number of carbonyl (C=O) groups is 1. The number of para-hydroxylation sites is 1. The van der Waals surface area contributed by atoms with E-state index in [0.717, 1.165) is 27.4 Å². The van der Waals surface area contributed by atoms with Gasteiger partial charge in [-0.3, -0.25) is 4.79 Å². The third kappa shape index (κ3) is 3.81. The van der Waals surface area contributed by atoms with Crippen LogP contribution in [0, 0.1) is 6.92 Å². The lowest BCUT2D eigenvalue weighted by molar-refractivity contribution is 0.105. The molecule has 27 heavy (non-hydrogen) atoms. The molecule has 0 fully saturated rings. The fraction of sp³-hybridized carbons (Fsp3) is 0.0435. The van der Waals surface area contributed by atoms with Crippen LogP contribution in [0.5, 0.6) is 0 Å². The largest absolute Gasteiger partial charge is 0.288 e. The summed E-state index contributed by atoms with van der Waals surface area (Å²) in [7, 11) is 0. The maximum absolute atomic E-state index is 12.3. The predicted octanol–water partition coefficient (Wildman–Crippen LogP) is 5.81. The van der Waals surface area contributed by atoms with E-state index in [9.17, 15) is 4.79 Å². The van der Waals surface area contributed by atoms with Gasteiger partial charge in [-0.1, -0.05) is 54.1 Å². The topological polar surface area (TPSA) is 34.9 Å². The highest BCUT2D eigenvalue weighted by Gasteiger charge is 2.11. The molecule has 0 N–H and O–H groups in total. The first-order chi connectivity index (χ1) is 13.2. The van der Waals surface area contributed by atoms with Gasteiger partial charge in [0.05, 0.1) is 16.3 Å². The van der Waals surface area contributed by atoms with Crippen LogP contribution in [0.4, 0.5) is 0 Å². The predicted molar refractivity (Wildman–Crippen MR) is 111 cm³/mol. The van der Waals surface area contributed by atoms with Crippen LogP contribution in [0.3, 0.4) is 0 Å². The van der Waals surface area contributed by atoms with Crippen LogP contribution in [0.15, 0.2) is 84.4 Å². The molecule has 2 aromatic heterocycles. The van der Waals surface area contributed by atoms with Crippen LogP contribution < -0.4 is 0 Å². The second kappa shape index (κ2) is 7.56. The molecule has 0 radical (unpaired) electrons. The van der Waals surface area contributed by atoms with Crippen LogP contribution in [-0.2, 0) is 0 Å². The SMILES string of the molecule is Cc1ccc(-c2nn(-c3ccccc3)cc2/C=C/C(=O)c2cccs2)cc1. The van der Waals surface area contributed by atoms with Crippen molar-refractivity contribution in [3.05, 3.63) is 100 Å². The highest BCUT2D eigenvalue weighted by molar-refractivity contribution is 7.12. The van der Waals surface area contributed by atoms with Crippen molar-refractivity contribution in [2.75, 3.05) is 0 Å². The fourth-order valence-electron chi connectivity index (χ4n) is 2.82. The first-order valence-electron chi connectivity index (χ1n) is 8.69. The Kier molecular flexibility index (Phi) is 4.81. The van der Waals surface area contributed by atoms with E-state index >= 15 is 0 Å². The first kappa shape index (κ1) is 17.2. The number of carbonyl (C=O) groups excluding carboxylic acids is 1. The molecular formula is C23H18N2OS. The van der Waals surface area contributed by atoms with Gasteiger partial charge in [0.1, 0.15) is 0 Å². The number of hydrogen-bond acceptors (Lipinski definition) is 3. The highest BCUT2D eigenvalue weighted by atomic mass is 32.1. The molecule has 0 atom stereocenters. The molecule has 0 saturated heterocycles. The molecule has 0 saturated carbocycles. The van der Waals surface area contributed by atoms with Crippen molar-refractivity contribution in [3.8, 4) is 16.9 Å². The summed E-state index contributed by atoms with van der Waals surface area (Å²) in [4.78, 5) is 13.1. The molecule has 0 aliphatic heterocycles. The quantitative estimate of drug-likeness (QED) is 0.328. The Morgan fingerprint density at radius 3 is 2.48 bits per heavy atom. The molecule has 4 heteroatoms. The Hall–Kier alpha value is -3.24. The van der Waals surface area contributed by atoms with E-state index in [1.54, 1.807) is 6.08 Å². The average molecular weight is 370 g/mol. The molecule has 0 amide bonds. The molecule has 132 valence electrons. The molecule has 0 spiro atoms. The zero-order chi connectivity index (χ0) is 18.6. The molecule has 3 nitrogen and oxygen atoms in total. The standard InChI is InChI=1S/C23H18N2OS/c1-17-9-11-18(12-10-17)23-19(13-14-21(26)22-8-5-15-27-22)16-25(24-23)20-6-3-2-4-7-20/h2-16H,1H3/b14-13+. The third-order valence-corrected chi connectivity index (χ3v) is 5.15. The first-order valence-corrected chi connectivity index (χ1v) is 9.57. The van der Waals surface area contributed by atoms with E-state index in [1.807, 2.05) is 64.8 Å². The number of aromatic nitrogens is 2. The molecule has 4 rings (SSSR count). The third-order valence-electron chi connectivity index (χ3n) is 4.27. The molecule has 0 aliphatic rings. The van der Waals surface area contributed by atoms with Crippen molar-refractivity contribution >= 4 is 23.2 Å². The van der Waals surface area contributed by atoms with Crippen molar-refractivity contribution in [1.82, 2.24) is 9.78 Å². The van der Waals surface area contributed by atoms with Crippen LogP contribution in [-0.4, -0.2) is 15.6 Å². The van der Waals surface area contributed by atoms with Gasteiger partial charge in [-0.2, -0.15) is 5.10 Å². The van der Waals surface area contributed by atoms with Crippen LogP contribution >= 0.6 is 11.3 Å². The van der Waals surface area contributed by atoms with E-state index in [4.69, 9.17) is 5.10 Å². The number of rotatable bonds is 5. The second-order valence-corrected chi connectivity index (χ2v) is 7.20. The molecule has 2 aromatic carbocycles. The van der Waals surface area contributed by atoms with Crippen LogP contribution in [0.25, 0.3) is 23.0 Å². The van der Waals surface area contributed by atoms with Gasteiger partial charge in [-0.05, 0) is 42.7 Å². The molecule has 0 aliphatic carbocycles. The van der Waals surface area contributed by atoms with Gasteiger partial charge >= 0.3 is 0 Å². The maximum Gasteiger partial charge on any atom is 0.195 e. The summed E-state index contributed by atoms with van der Waals surface area (Å²) >= 11 is 1.45. The monoisotopic (exact) mass is 370 g/mol. The van der Waals surface area contributed by atoms with Crippen LogP contribution in [0.2, 0.25) is 0 Å². The van der Waals surface area contributed by atoms with E-state index in [-0.39, 0.29) is 5.78 Å². The number of aryl methyl sites for hydroxylation is 1. The Labute approximate surface area is 162 Å². The number of hydrogen-bond donors (Lipinski definition) is 0. The van der Waals surface area contributed by atoms with Crippen molar-refractivity contribution in [2.45, 2.75) is 6.92 Å². The van der Waals surface area contributed by atoms with E-state index in [1.165, 1.54) is 16.9 Å². The molecule has 0 unspecified atom stereocenters. The summed E-state index contributed by atoms with van der Waals surface area (Å²) in [6.45, 7) is 2.06. The average Bonchev–Trinajstić information content (AvgIpc) is 3.38. The minimum absolute atomic E-state index is 0.00678. The lowest BCUT2D eigenvalue weighted by Gasteiger charge is -2.01. The van der Waals surface area contributed by atoms with Gasteiger partial charge in [-0.15, -0.1) is 11.3 Å².